The van der Waals surface area contributed by atoms with E-state index in [9.17, 15) is 9.59 Å². The third-order valence-corrected chi connectivity index (χ3v) is 2.16. The fourth-order valence-corrected chi connectivity index (χ4v) is 1.22. The van der Waals surface area contributed by atoms with Gasteiger partial charge in [0.15, 0.2) is 12.4 Å². The number of carbonyl (C=O) groups is 2. The Hall–Kier alpha value is -1.42. The molecule has 0 amide bonds. The van der Waals surface area contributed by atoms with E-state index in [-0.39, 0.29) is 12.4 Å². The molecular weight excluding hydrogens is 272 g/mol. The van der Waals surface area contributed by atoms with E-state index in [4.69, 9.17) is 4.74 Å². The van der Waals surface area contributed by atoms with Gasteiger partial charge in [-0.05, 0) is 0 Å². The predicted molar refractivity (Wildman–Crippen MR) is 64.7 cm³/mol. The van der Waals surface area contributed by atoms with Gasteiger partial charge in [0, 0.05) is 17.0 Å². The second-order valence-electron chi connectivity index (χ2n) is 2.95. The first-order valence-electron chi connectivity index (χ1n) is 4.71. The molecule has 0 heterocycles. The molecule has 0 aliphatic rings. The second kappa shape index (κ2) is 6.95. The molecular formula is C12H11BrO3. The van der Waals surface area contributed by atoms with Gasteiger partial charge in [0.25, 0.3) is 0 Å². The third kappa shape index (κ3) is 4.40. The number of benzene rings is 1. The molecule has 16 heavy (non-hydrogen) atoms. The lowest BCUT2D eigenvalue weighted by atomic mass is 10.1. The Morgan fingerprint density at radius 2 is 1.94 bits per heavy atom. The molecule has 1 aromatic rings. The number of ketones is 1. The van der Waals surface area contributed by atoms with Crippen molar-refractivity contribution in [3.05, 3.63) is 48.0 Å². The average molecular weight is 283 g/mol. The number of halogens is 1. The van der Waals surface area contributed by atoms with Crippen molar-refractivity contribution in [1.82, 2.24) is 0 Å². The number of ether oxygens (including phenoxy) is 1. The number of allylic oxidation sites excluding steroid dienone is 1. The highest BCUT2D eigenvalue weighted by Crippen LogP contribution is 2.00. The molecule has 0 fully saturated rings. The van der Waals surface area contributed by atoms with Gasteiger partial charge in [-0.3, -0.25) is 4.79 Å². The Kier molecular flexibility index (Phi) is 5.50. The summed E-state index contributed by atoms with van der Waals surface area (Å²) >= 11 is 3.13. The van der Waals surface area contributed by atoms with Gasteiger partial charge >= 0.3 is 5.97 Å². The smallest absolute Gasteiger partial charge is 0.330 e. The van der Waals surface area contributed by atoms with Crippen LogP contribution in [-0.2, 0) is 9.53 Å². The molecule has 0 spiro atoms. The predicted octanol–water partition coefficient (Wildman–Crippen LogP) is 2.36. The molecule has 84 valence electrons. The van der Waals surface area contributed by atoms with E-state index in [2.05, 4.69) is 15.9 Å². The van der Waals surface area contributed by atoms with Crippen molar-refractivity contribution >= 4 is 27.7 Å². The number of Topliss-reactive ketones (excluding diaryl/α,β-unsaturated/α-hetero) is 1. The summed E-state index contributed by atoms with van der Waals surface area (Å²) in [5.74, 6) is -0.718. The van der Waals surface area contributed by atoms with Gasteiger partial charge in [-0.1, -0.05) is 52.3 Å². The third-order valence-electron chi connectivity index (χ3n) is 1.78. The number of carbonyl (C=O) groups excluding carboxylic acids is 2. The SMILES string of the molecule is O=C(/C=C\CBr)OCC(=O)c1ccccc1. The fraction of sp³-hybridized carbons (Fsp3) is 0.167. The maximum absolute atomic E-state index is 11.5. The molecule has 0 N–H and O–H groups in total. The van der Waals surface area contributed by atoms with E-state index in [0.717, 1.165) is 0 Å². The quantitative estimate of drug-likeness (QED) is 0.360. The van der Waals surface area contributed by atoms with Crippen molar-refractivity contribution in [3.8, 4) is 0 Å². The van der Waals surface area contributed by atoms with Gasteiger partial charge in [-0.2, -0.15) is 0 Å². The molecule has 0 aliphatic heterocycles. The van der Waals surface area contributed by atoms with E-state index in [0.29, 0.717) is 10.9 Å². The molecule has 1 aromatic carbocycles. The van der Waals surface area contributed by atoms with Crippen molar-refractivity contribution in [2.75, 3.05) is 11.9 Å². The molecule has 4 heteroatoms. The summed E-state index contributed by atoms with van der Waals surface area (Å²) in [5, 5.41) is 0.578. The lowest BCUT2D eigenvalue weighted by molar-refractivity contribution is -0.136. The number of alkyl halides is 1. The Balaban J connectivity index is 2.42. The summed E-state index contributed by atoms with van der Waals surface area (Å²) in [6, 6.07) is 8.72. The Morgan fingerprint density at radius 3 is 2.56 bits per heavy atom. The first-order valence-corrected chi connectivity index (χ1v) is 5.83. The van der Waals surface area contributed by atoms with Gasteiger partial charge in [0.2, 0.25) is 0 Å². The largest absolute Gasteiger partial charge is 0.454 e. The summed E-state index contributed by atoms with van der Waals surface area (Å²) in [5.41, 5.74) is 0.541. The van der Waals surface area contributed by atoms with E-state index >= 15 is 0 Å². The van der Waals surface area contributed by atoms with Crippen LogP contribution in [0.15, 0.2) is 42.5 Å². The Morgan fingerprint density at radius 1 is 1.25 bits per heavy atom. The standard InChI is InChI=1S/C12H11BrO3/c13-8-4-7-12(15)16-9-11(14)10-5-2-1-3-6-10/h1-7H,8-9H2/b7-4-. The first-order chi connectivity index (χ1) is 7.74. The van der Waals surface area contributed by atoms with E-state index < -0.39 is 5.97 Å². The van der Waals surface area contributed by atoms with Crippen LogP contribution in [0.25, 0.3) is 0 Å². The van der Waals surface area contributed by atoms with E-state index in [1.807, 2.05) is 6.07 Å². The van der Waals surface area contributed by atoms with Crippen LogP contribution < -0.4 is 0 Å². The fourth-order valence-electron chi connectivity index (χ4n) is 1.03. The maximum Gasteiger partial charge on any atom is 0.330 e. The minimum Gasteiger partial charge on any atom is -0.454 e. The second-order valence-corrected chi connectivity index (χ2v) is 3.60. The highest BCUT2D eigenvalue weighted by Gasteiger charge is 2.06. The van der Waals surface area contributed by atoms with Gasteiger partial charge in [0.1, 0.15) is 0 Å². The summed E-state index contributed by atoms with van der Waals surface area (Å²) in [6.45, 7) is -0.227. The van der Waals surface area contributed by atoms with Crippen LogP contribution in [0.1, 0.15) is 10.4 Å². The lowest BCUT2D eigenvalue weighted by Gasteiger charge is -2.01. The van der Waals surface area contributed by atoms with Crippen molar-refractivity contribution in [2.45, 2.75) is 0 Å². The molecule has 0 aromatic heterocycles. The molecule has 3 nitrogen and oxygen atoms in total. The lowest BCUT2D eigenvalue weighted by Crippen LogP contribution is -2.12. The monoisotopic (exact) mass is 282 g/mol. The van der Waals surface area contributed by atoms with Gasteiger partial charge < -0.3 is 4.74 Å². The van der Waals surface area contributed by atoms with E-state index in [1.165, 1.54) is 6.08 Å². The topological polar surface area (TPSA) is 43.4 Å². The average Bonchev–Trinajstić information content (AvgIpc) is 2.34. The maximum atomic E-state index is 11.5. The highest BCUT2D eigenvalue weighted by molar-refractivity contribution is 9.09. The molecule has 0 unspecified atom stereocenters. The first kappa shape index (κ1) is 12.6. The van der Waals surface area contributed by atoms with Crippen LogP contribution in [0.5, 0.6) is 0 Å². The number of hydrogen-bond donors (Lipinski definition) is 0. The van der Waals surface area contributed by atoms with Crippen LogP contribution in [0.2, 0.25) is 0 Å². The Bertz CT molecular complexity index is 385. The van der Waals surface area contributed by atoms with Crippen LogP contribution in [0, 0.1) is 0 Å². The van der Waals surface area contributed by atoms with Crippen molar-refractivity contribution in [2.24, 2.45) is 0 Å². The Labute approximate surface area is 102 Å². The number of esters is 1. The molecule has 0 radical (unpaired) electrons. The summed E-state index contributed by atoms with van der Waals surface area (Å²) < 4.78 is 4.76. The minimum atomic E-state index is -0.510. The minimum absolute atomic E-state index is 0.207. The normalized spacial score (nSPS) is 10.3. The molecule has 1 rings (SSSR count). The van der Waals surface area contributed by atoms with Gasteiger partial charge in [-0.25, -0.2) is 4.79 Å². The van der Waals surface area contributed by atoms with Crippen LogP contribution in [0.3, 0.4) is 0 Å². The number of rotatable bonds is 5. The summed E-state index contributed by atoms with van der Waals surface area (Å²) in [7, 11) is 0. The van der Waals surface area contributed by atoms with Gasteiger partial charge in [-0.15, -0.1) is 0 Å². The van der Waals surface area contributed by atoms with Crippen molar-refractivity contribution in [3.63, 3.8) is 0 Å². The van der Waals surface area contributed by atoms with E-state index in [1.54, 1.807) is 30.3 Å². The van der Waals surface area contributed by atoms with Crippen LogP contribution >= 0.6 is 15.9 Å². The molecule has 0 saturated heterocycles. The zero-order valence-electron chi connectivity index (χ0n) is 8.56. The van der Waals surface area contributed by atoms with Crippen molar-refractivity contribution < 1.29 is 14.3 Å². The zero-order chi connectivity index (χ0) is 11.8. The number of hydrogen-bond acceptors (Lipinski definition) is 3. The van der Waals surface area contributed by atoms with Gasteiger partial charge in [0.05, 0.1) is 0 Å². The summed E-state index contributed by atoms with van der Waals surface area (Å²) in [6.07, 6.45) is 2.89. The van der Waals surface area contributed by atoms with Crippen LogP contribution in [-0.4, -0.2) is 23.7 Å². The van der Waals surface area contributed by atoms with Crippen molar-refractivity contribution in [1.29, 1.82) is 0 Å². The summed E-state index contributed by atoms with van der Waals surface area (Å²) in [4.78, 5) is 22.6. The molecule has 0 saturated carbocycles. The molecule has 0 atom stereocenters. The highest BCUT2D eigenvalue weighted by atomic mass is 79.9. The molecule has 0 bridgehead atoms. The molecule has 0 aliphatic carbocycles. The zero-order valence-corrected chi connectivity index (χ0v) is 10.1. The van der Waals surface area contributed by atoms with Crippen LogP contribution in [0.4, 0.5) is 0 Å².